The van der Waals surface area contributed by atoms with Gasteiger partial charge in [0.15, 0.2) is 11.6 Å². The average Bonchev–Trinajstić information content (AvgIpc) is 3.22. The van der Waals surface area contributed by atoms with Gasteiger partial charge in [-0.3, -0.25) is 9.89 Å². The van der Waals surface area contributed by atoms with E-state index in [-0.39, 0.29) is 5.91 Å². The van der Waals surface area contributed by atoms with Crippen LogP contribution in [0.15, 0.2) is 37.1 Å². The maximum Gasteiger partial charge on any atom is 0.245 e. The number of nitrogens with zero attached hydrogens (tertiary/aromatic N) is 4. The lowest BCUT2D eigenvalue weighted by atomic mass is 9.85. The van der Waals surface area contributed by atoms with Crippen molar-refractivity contribution in [3.05, 3.63) is 64.5 Å². The molecule has 8 nitrogen and oxygen atoms in total. The number of piperidine rings is 1. The van der Waals surface area contributed by atoms with Crippen molar-refractivity contribution in [2.24, 2.45) is 0 Å². The molecule has 33 heavy (non-hydrogen) atoms. The van der Waals surface area contributed by atoms with Gasteiger partial charge in [-0.15, -0.1) is 0 Å². The van der Waals surface area contributed by atoms with Gasteiger partial charge >= 0.3 is 0 Å². The summed E-state index contributed by atoms with van der Waals surface area (Å²) < 4.78 is 0. The zero-order valence-electron chi connectivity index (χ0n) is 19.1. The Morgan fingerprint density at radius 1 is 1.18 bits per heavy atom. The average molecular weight is 466 g/mol. The van der Waals surface area contributed by atoms with E-state index in [9.17, 15) is 4.79 Å². The topological polar surface area (TPSA) is 98.8 Å². The van der Waals surface area contributed by atoms with Crippen LogP contribution in [0.2, 0.25) is 5.02 Å². The number of anilines is 4. The van der Waals surface area contributed by atoms with E-state index in [0.29, 0.717) is 28.5 Å². The number of benzene rings is 1. The molecule has 0 saturated carbocycles. The fourth-order valence-corrected chi connectivity index (χ4v) is 4.33. The first kappa shape index (κ1) is 22.8. The number of hydrogen-bond donors (Lipinski definition) is 3. The highest BCUT2D eigenvalue weighted by atomic mass is 35.5. The molecule has 0 atom stereocenters. The number of likely N-dealkylation sites (tertiary alicyclic amines) is 1. The molecule has 0 spiro atoms. The minimum atomic E-state index is 0.0140. The van der Waals surface area contributed by atoms with Crippen LogP contribution in [0.1, 0.15) is 41.1 Å². The predicted octanol–water partition coefficient (Wildman–Crippen LogP) is 5.16. The number of nitrogens with one attached hydrogen (secondary N) is 3. The Morgan fingerprint density at radius 2 is 1.94 bits per heavy atom. The Morgan fingerprint density at radius 3 is 2.61 bits per heavy atom. The summed E-state index contributed by atoms with van der Waals surface area (Å²) in [5.41, 5.74) is 5.52. The maximum atomic E-state index is 11.9. The SMILES string of the molecule is C=CC(=O)N1CCC(c2cc(C)c(Nc3ncc(Cl)c(Nc4cc(C)[nH]n4)n3)cc2C)CC1. The van der Waals surface area contributed by atoms with Crippen molar-refractivity contribution in [2.45, 2.75) is 39.5 Å². The van der Waals surface area contributed by atoms with Gasteiger partial charge in [-0.2, -0.15) is 10.1 Å². The molecule has 0 bridgehead atoms. The Kier molecular flexibility index (Phi) is 6.65. The summed E-state index contributed by atoms with van der Waals surface area (Å²) in [5.74, 6) is 2.01. The van der Waals surface area contributed by atoms with Crippen molar-refractivity contribution in [2.75, 3.05) is 23.7 Å². The summed E-state index contributed by atoms with van der Waals surface area (Å²) in [5, 5.41) is 13.9. The first-order valence-electron chi connectivity index (χ1n) is 10.9. The summed E-state index contributed by atoms with van der Waals surface area (Å²) in [7, 11) is 0. The number of aromatic nitrogens is 4. The van der Waals surface area contributed by atoms with Crippen molar-refractivity contribution in [3.8, 4) is 0 Å². The fourth-order valence-electron chi connectivity index (χ4n) is 4.19. The minimum absolute atomic E-state index is 0.0140. The first-order valence-corrected chi connectivity index (χ1v) is 11.3. The van der Waals surface area contributed by atoms with Crippen molar-refractivity contribution in [1.82, 2.24) is 25.1 Å². The van der Waals surface area contributed by atoms with Crippen LogP contribution in [0.3, 0.4) is 0 Å². The number of aromatic amines is 1. The van der Waals surface area contributed by atoms with E-state index >= 15 is 0 Å². The van der Waals surface area contributed by atoms with E-state index in [1.807, 2.05) is 17.9 Å². The lowest BCUT2D eigenvalue weighted by Gasteiger charge is -2.32. The van der Waals surface area contributed by atoms with Crippen molar-refractivity contribution in [3.63, 3.8) is 0 Å². The van der Waals surface area contributed by atoms with Gasteiger partial charge in [-0.25, -0.2) is 4.98 Å². The number of amides is 1. The zero-order valence-corrected chi connectivity index (χ0v) is 19.8. The summed E-state index contributed by atoms with van der Waals surface area (Å²) in [4.78, 5) is 22.6. The monoisotopic (exact) mass is 465 g/mol. The van der Waals surface area contributed by atoms with E-state index in [1.54, 1.807) is 6.20 Å². The van der Waals surface area contributed by atoms with E-state index < -0.39 is 0 Å². The van der Waals surface area contributed by atoms with Gasteiger partial charge in [0.1, 0.15) is 5.02 Å². The third-order valence-electron chi connectivity index (χ3n) is 5.98. The summed E-state index contributed by atoms with van der Waals surface area (Å²) >= 11 is 6.28. The smallest absolute Gasteiger partial charge is 0.245 e. The minimum Gasteiger partial charge on any atom is -0.339 e. The number of H-pyrrole nitrogens is 1. The normalized spacial score (nSPS) is 14.2. The van der Waals surface area contributed by atoms with Gasteiger partial charge in [0.05, 0.1) is 6.20 Å². The standard InChI is InChI=1S/C24H28ClN7O/c1-5-22(33)32-8-6-17(7-9-32)18-10-15(3)20(11-14(18)2)27-24-26-13-19(25)23(29-24)28-21-12-16(4)30-31-21/h5,10-13,17H,1,6-9H2,2-4H3,(H3,26,27,28,29,30,31). The summed E-state index contributed by atoms with van der Waals surface area (Å²) in [6.45, 7) is 11.2. The number of hydrogen-bond acceptors (Lipinski definition) is 6. The maximum absolute atomic E-state index is 11.9. The van der Waals surface area contributed by atoms with Gasteiger partial charge in [0, 0.05) is 30.5 Å². The van der Waals surface area contributed by atoms with Crippen LogP contribution in [-0.2, 0) is 4.79 Å². The molecule has 3 heterocycles. The molecule has 172 valence electrons. The van der Waals surface area contributed by atoms with Crippen LogP contribution >= 0.6 is 11.6 Å². The second-order valence-corrected chi connectivity index (χ2v) is 8.81. The predicted molar refractivity (Wildman–Crippen MR) is 132 cm³/mol. The molecule has 1 aliphatic rings. The van der Waals surface area contributed by atoms with E-state index in [0.717, 1.165) is 42.9 Å². The molecule has 4 rings (SSSR count). The number of rotatable bonds is 6. The van der Waals surface area contributed by atoms with Crippen LogP contribution < -0.4 is 10.6 Å². The molecule has 0 unspecified atom stereocenters. The molecule has 2 aromatic heterocycles. The first-order chi connectivity index (χ1) is 15.8. The zero-order chi connectivity index (χ0) is 23.5. The largest absolute Gasteiger partial charge is 0.339 e. The molecule has 3 aromatic rings. The summed E-state index contributed by atoms with van der Waals surface area (Å²) in [6.07, 6.45) is 4.86. The molecule has 1 saturated heterocycles. The highest BCUT2D eigenvalue weighted by Crippen LogP contribution is 2.34. The van der Waals surface area contributed by atoms with E-state index in [4.69, 9.17) is 11.6 Å². The van der Waals surface area contributed by atoms with E-state index in [1.165, 1.54) is 17.2 Å². The Balaban J connectivity index is 1.49. The molecular formula is C24H28ClN7O. The fraction of sp³-hybridized carbons (Fsp3) is 0.333. The molecule has 3 N–H and O–H groups in total. The third-order valence-corrected chi connectivity index (χ3v) is 6.25. The molecule has 9 heteroatoms. The van der Waals surface area contributed by atoms with Crippen molar-refractivity contribution < 1.29 is 4.79 Å². The van der Waals surface area contributed by atoms with Crippen molar-refractivity contribution in [1.29, 1.82) is 0 Å². The van der Waals surface area contributed by atoms with Crippen molar-refractivity contribution >= 4 is 40.8 Å². The number of aryl methyl sites for hydroxylation is 3. The lowest BCUT2D eigenvalue weighted by molar-refractivity contribution is -0.127. The number of halogens is 1. The van der Waals surface area contributed by atoms with Crippen LogP contribution in [0, 0.1) is 20.8 Å². The molecule has 0 aliphatic carbocycles. The van der Waals surface area contributed by atoms with Gasteiger partial charge in [0.2, 0.25) is 11.9 Å². The Labute approximate surface area is 198 Å². The second kappa shape index (κ2) is 9.62. The second-order valence-electron chi connectivity index (χ2n) is 8.40. The van der Waals surface area contributed by atoms with Crippen LogP contribution in [0.4, 0.5) is 23.3 Å². The molecular weight excluding hydrogens is 438 g/mol. The Hall–Kier alpha value is -3.39. The molecule has 1 amide bonds. The van der Waals surface area contributed by atoms with Gasteiger partial charge < -0.3 is 15.5 Å². The van der Waals surface area contributed by atoms with Gasteiger partial charge in [-0.1, -0.05) is 24.2 Å². The van der Waals surface area contributed by atoms with Crippen LogP contribution in [0.5, 0.6) is 0 Å². The number of carbonyl (C=O) groups is 1. The summed E-state index contributed by atoms with van der Waals surface area (Å²) in [6, 6.07) is 6.23. The molecule has 1 aliphatic heterocycles. The van der Waals surface area contributed by atoms with Crippen LogP contribution in [0.25, 0.3) is 0 Å². The van der Waals surface area contributed by atoms with E-state index in [2.05, 4.69) is 63.4 Å². The highest BCUT2D eigenvalue weighted by molar-refractivity contribution is 6.32. The number of carbonyl (C=O) groups excluding carboxylic acids is 1. The van der Waals surface area contributed by atoms with Gasteiger partial charge in [0.25, 0.3) is 0 Å². The van der Waals surface area contributed by atoms with Gasteiger partial charge in [-0.05, 0) is 68.4 Å². The Bertz CT molecular complexity index is 1180. The van der Waals surface area contributed by atoms with Crippen LogP contribution in [-0.4, -0.2) is 44.1 Å². The lowest BCUT2D eigenvalue weighted by Crippen LogP contribution is -2.36. The highest BCUT2D eigenvalue weighted by Gasteiger charge is 2.24. The molecule has 1 aromatic carbocycles. The third kappa shape index (κ3) is 5.17. The quantitative estimate of drug-likeness (QED) is 0.435. The molecule has 0 radical (unpaired) electrons. The molecule has 1 fully saturated rings.